The molecule has 0 radical (unpaired) electrons. The van der Waals surface area contributed by atoms with E-state index < -0.39 is 0 Å². The molecular weight excluding hydrogens is 605 g/mol. The summed E-state index contributed by atoms with van der Waals surface area (Å²) in [5.74, 6) is 0.733. The number of benzene rings is 5. The van der Waals surface area contributed by atoms with Gasteiger partial charge in [0.25, 0.3) is 0 Å². The molecule has 7 rings (SSSR count). The molecule has 0 spiro atoms. The summed E-state index contributed by atoms with van der Waals surface area (Å²) in [6, 6.07) is 36.8. The van der Waals surface area contributed by atoms with E-state index in [9.17, 15) is 0 Å². The van der Waals surface area contributed by atoms with Crippen LogP contribution in [0.15, 0.2) is 121 Å². The highest BCUT2D eigenvalue weighted by atomic mass is 15.2. The van der Waals surface area contributed by atoms with Crippen LogP contribution in [0.3, 0.4) is 0 Å². The number of aryl methyl sites for hydroxylation is 1. The summed E-state index contributed by atoms with van der Waals surface area (Å²) in [7, 11) is 0. The molecule has 50 heavy (non-hydrogen) atoms. The second kappa shape index (κ2) is 14.6. The topological polar surface area (TPSA) is 19.9 Å². The molecule has 5 aromatic rings. The standard InChI is InChI=1S/C48H56N2/c1-6-30-49-43-27-23-35(2)31-42(43)47(3,4)29-15-14-22-45-48(5,33-37-24-25-38-18-10-11-20-40(38)32-37)46-41-21-13-12-19-39(41)26-28-44(46)50(45)34-36-16-8-7-9-17-36/h10-15,18-28,31-32,36,49H,6-9,16-17,29-30,33-34H2,1-5H3/p+1/b15-14+,45-22+. The molecule has 2 heteroatoms. The minimum atomic E-state index is -0.175. The lowest BCUT2D eigenvalue weighted by atomic mass is 9.74. The maximum absolute atomic E-state index is 2.74. The Kier molecular flexibility index (Phi) is 10.0. The number of nitrogens with two attached hydrogens (primary N) is 1. The number of rotatable bonds is 11. The molecule has 1 aliphatic carbocycles. The average molecular weight is 662 g/mol. The molecule has 0 amide bonds. The van der Waals surface area contributed by atoms with E-state index in [-0.39, 0.29) is 10.8 Å². The van der Waals surface area contributed by atoms with Gasteiger partial charge in [-0.3, -0.25) is 0 Å². The Morgan fingerprint density at radius 2 is 1.58 bits per heavy atom. The number of quaternary nitrogens is 1. The average Bonchev–Trinajstić information content (AvgIpc) is 3.36. The van der Waals surface area contributed by atoms with Crippen molar-refractivity contribution in [3.8, 4) is 0 Å². The second-order valence-electron chi connectivity index (χ2n) is 16.1. The van der Waals surface area contributed by atoms with Crippen LogP contribution in [0.25, 0.3) is 21.5 Å². The first kappa shape index (κ1) is 34.3. The molecule has 0 bridgehead atoms. The normalized spacial score (nSPS) is 19.3. The van der Waals surface area contributed by atoms with Crippen molar-refractivity contribution >= 4 is 32.9 Å². The smallest absolute Gasteiger partial charge is 0.133 e. The van der Waals surface area contributed by atoms with Gasteiger partial charge in [0.15, 0.2) is 0 Å². The molecule has 1 aliphatic heterocycles. The number of hydrogen-bond acceptors (Lipinski definition) is 1. The lowest BCUT2D eigenvalue weighted by Gasteiger charge is -2.34. The summed E-state index contributed by atoms with van der Waals surface area (Å²) in [6.07, 6.45) is 17.2. The summed E-state index contributed by atoms with van der Waals surface area (Å²) in [6.45, 7) is 14.1. The first-order valence-corrected chi connectivity index (χ1v) is 19.4. The maximum Gasteiger partial charge on any atom is 0.133 e. The zero-order valence-electron chi connectivity index (χ0n) is 31.1. The lowest BCUT2D eigenvalue weighted by Crippen LogP contribution is -2.78. The van der Waals surface area contributed by atoms with Gasteiger partial charge >= 0.3 is 0 Å². The predicted octanol–water partition coefficient (Wildman–Crippen LogP) is 11.6. The van der Waals surface area contributed by atoms with Gasteiger partial charge in [-0.05, 0) is 114 Å². The van der Waals surface area contributed by atoms with E-state index in [4.69, 9.17) is 0 Å². The van der Waals surface area contributed by atoms with Crippen LogP contribution in [-0.2, 0) is 17.3 Å². The highest BCUT2D eigenvalue weighted by Gasteiger charge is 2.45. The Labute approximate surface area is 301 Å². The summed E-state index contributed by atoms with van der Waals surface area (Å²) in [4.78, 5) is 2.74. The third-order valence-electron chi connectivity index (χ3n) is 11.8. The summed E-state index contributed by atoms with van der Waals surface area (Å²) < 4.78 is 0. The minimum Gasteiger partial charge on any atom is -0.344 e. The van der Waals surface area contributed by atoms with Crippen LogP contribution in [0.1, 0.15) is 94.9 Å². The SMILES string of the molecule is CCC[NH2+]c1ccc(C)cc1C(C)(C)C/C=C/C=C1/N(CC2CCCCC2)c2ccc3ccccc3c2C1(C)Cc1ccc2ccccc2c1. The van der Waals surface area contributed by atoms with Gasteiger partial charge in [0.1, 0.15) is 5.69 Å². The molecule has 2 nitrogen and oxygen atoms in total. The fourth-order valence-corrected chi connectivity index (χ4v) is 9.02. The third-order valence-corrected chi connectivity index (χ3v) is 11.8. The number of anilines is 1. The minimum absolute atomic E-state index is 0.0334. The third kappa shape index (κ3) is 6.93. The molecule has 5 aromatic carbocycles. The maximum atomic E-state index is 2.74. The van der Waals surface area contributed by atoms with Crippen molar-refractivity contribution < 1.29 is 5.32 Å². The summed E-state index contributed by atoms with van der Waals surface area (Å²) in [5, 5.41) is 7.79. The molecule has 1 atom stereocenters. The van der Waals surface area contributed by atoms with E-state index >= 15 is 0 Å². The van der Waals surface area contributed by atoms with Gasteiger partial charge in [-0.2, -0.15) is 0 Å². The van der Waals surface area contributed by atoms with Crippen LogP contribution >= 0.6 is 0 Å². The van der Waals surface area contributed by atoms with E-state index in [1.807, 2.05) is 0 Å². The van der Waals surface area contributed by atoms with Gasteiger partial charge in [-0.1, -0.05) is 137 Å². The van der Waals surface area contributed by atoms with E-state index in [2.05, 4.69) is 160 Å². The van der Waals surface area contributed by atoms with Crippen LogP contribution in [0.5, 0.6) is 0 Å². The van der Waals surface area contributed by atoms with E-state index in [1.54, 1.807) is 0 Å². The van der Waals surface area contributed by atoms with Crippen molar-refractivity contribution in [3.63, 3.8) is 0 Å². The van der Waals surface area contributed by atoms with Crippen molar-refractivity contribution in [3.05, 3.63) is 143 Å². The zero-order chi connectivity index (χ0) is 34.7. The molecule has 2 N–H and O–H groups in total. The molecule has 1 heterocycles. The highest BCUT2D eigenvalue weighted by molar-refractivity contribution is 5.95. The van der Waals surface area contributed by atoms with Gasteiger partial charge in [0, 0.05) is 28.9 Å². The van der Waals surface area contributed by atoms with E-state index in [0.717, 1.165) is 31.8 Å². The van der Waals surface area contributed by atoms with Crippen LogP contribution in [0.4, 0.5) is 11.4 Å². The fraction of sp³-hybridized carbons (Fsp3) is 0.375. The fourth-order valence-electron chi connectivity index (χ4n) is 9.02. The van der Waals surface area contributed by atoms with Crippen molar-refractivity contribution in [2.75, 3.05) is 18.0 Å². The van der Waals surface area contributed by atoms with Crippen LogP contribution < -0.4 is 10.2 Å². The van der Waals surface area contributed by atoms with Crippen LogP contribution in [-0.4, -0.2) is 13.1 Å². The lowest BCUT2D eigenvalue weighted by molar-refractivity contribution is -0.572. The first-order valence-electron chi connectivity index (χ1n) is 19.4. The number of hydrogen-bond donors (Lipinski definition) is 1. The van der Waals surface area contributed by atoms with Crippen molar-refractivity contribution in [1.82, 2.24) is 0 Å². The Morgan fingerprint density at radius 3 is 2.38 bits per heavy atom. The Balaban J connectivity index is 1.30. The molecule has 2 aliphatic rings. The molecule has 258 valence electrons. The molecule has 0 aromatic heterocycles. The predicted molar refractivity (Wildman–Crippen MR) is 216 cm³/mol. The molecule has 0 saturated heterocycles. The summed E-state index contributed by atoms with van der Waals surface area (Å²) >= 11 is 0. The quantitative estimate of drug-likeness (QED) is 0.140. The van der Waals surface area contributed by atoms with E-state index in [1.165, 1.54) is 99.4 Å². The Hall–Kier alpha value is -4.14. The number of nitrogens with zero attached hydrogens (tertiary/aromatic N) is 1. The molecule has 1 saturated carbocycles. The monoisotopic (exact) mass is 661 g/mol. The number of allylic oxidation sites excluding steroid dienone is 4. The molecule has 1 unspecified atom stereocenters. The summed E-state index contributed by atoms with van der Waals surface area (Å²) in [5.41, 5.74) is 9.81. The van der Waals surface area contributed by atoms with Gasteiger partial charge in [-0.25, -0.2) is 0 Å². The first-order chi connectivity index (χ1) is 24.3. The zero-order valence-corrected chi connectivity index (χ0v) is 31.1. The van der Waals surface area contributed by atoms with Crippen molar-refractivity contribution in [2.45, 2.75) is 96.8 Å². The largest absolute Gasteiger partial charge is 0.344 e. The molecular formula is C48H57N2+. The van der Waals surface area contributed by atoms with Gasteiger partial charge in [-0.15, -0.1) is 0 Å². The second-order valence-corrected chi connectivity index (χ2v) is 16.1. The van der Waals surface area contributed by atoms with Crippen LogP contribution in [0, 0.1) is 12.8 Å². The Bertz CT molecular complexity index is 2020. The van der Waals surface area contributed by atoms with Gasteiger partial charge < -0.3 is 10.2 Å². The number of fused-ring (bicyclic) bond motifs is 4. The Morgan fingerprint density at radius 1 is 0.840 bits per heavy atom. The highest BCUT2D eigenvalue weighted by Crippen LogP contribution is 2.53. The van der Waals surface area contributed by atoms with Gasteiger partial charge in [0.05, 0.1) is 6.54 Å². The molecule has 1 fully saturated rings. The van der Waals surface area contributed by atoms with Crippen LogP contribution in [0.2, 0.25) is 0 Å². The van der Waals surface area contributed by atoms with Crippen molar-refractivity contribution in [1.29, 1.82) is 0 Å². The van der Waals surface area contributed by atoms with E-state index in [0.29, 0.717) is 0 Å². The van der Waals surface area contributed by atoms with Gasteiger partial charge in [0.2, 0.25) is 0 Å². The van der Waals surface area contributed by atoms with Crippen molar-refractivity contribution in [2.24, 2.45) is 5.92 Å².